The van der Waals surface area contributed by atoms with Gasteiger partial charge in [0.05, 0.1) is 14.2 Å². The number of sulfonamides is 1. The molecule has 0 spiro atoms. The standard InChI is InChI=1S/C20H24N2O5S/c1-22(13-15-6-4-5-7-17(15)26-2)20(23)14-8-11-18(27-3)19(12-14)28(24,25)21-16-9-10-16/h4-8,11-12,16,21H,9-10,13H2,1-3H3. The maximum atomic E-state index is 12.9. The number of carbonyl (C=O) groups is 1. The van der Waals surface area contributed by atoms with E-state index in [4.69, 9.17) is 9.47 Å². The molecule has 2 aromatic carbocycles. The van der Waals surface area contributed by atoms with Crippen molar-refractivity contribution in [2.75, 3.05) is 21.3 Å². The summed E-state index contributed by atoms with van der Waals surface area (Å²) in [6, 6.07) is 11.8. The van der Waals surface area contributed by atoms with Gasteiger partial charge in [-0.2, -0.15) is 0 Å². The first-order valence-electron chi connectivity index (χ1n) is 8.93. The molecule has 3 rings (SSSR count). The Bertz CT molecular complexity index is 970. The molecule has 1 amide bonds. The number of carbonyl (C=O) groups excluding carboxylic acids is 1. The normalized spacial score (nSPS) is 13.8. The maximum absolute atomic E-state index is 12.9. The highest BCUT2D eigenvalue weighted by atomic mass is 32.2. The van der Waals surface area contributed by atoms with Gasteiger partial charge in [0.25, 0.3) is 5.91 Å². The molecule has 1 N–H and O–H groups in total. The van der Waals surface area contributed by atoms with Gasteiger partial charge >= 0.3 is 0 Å². The van der Waals surface area contributed by atoms with Gasteiger partial charge in [-0.15, -0.1) is 0 Å². The van der Waals surface area contributed by atoms with Crippen LogP contribution < -0.4 is 14.2 Å². The van der Waals surface area contributed by atoms with Gasteiger partial charge in [-0.25, -0.2) is 13.1 Å². The van der Waals surface area contributed by atoms with Crippen molar-refractivity contribution in [3.8, 4) is 11.5 Å². The molecule has 1 aliphatic carbocycles. The fourth-order valence-corrected chi connectivity index (χ4v) is 4.38. The monoisotopic (exact) mass is 404 g/mol. The number of ether oxygens (including phenoxy) is 2. The van der Waals surface area contributed by atoms with Crippen molar-refractivity contribution in [3.63, 3.8) is 0 Å². The van der Waals surface area contributed by atoms with Gasteiger partial charge in [0.15, 0.2) is 0 Å². The molecule has 0 unspecified atom stereocenters. The van der Waals surface area contributed by atoms with Crippen molar-refractivity contribution in [2.45, 2.75) is 30.3 Å². The molecule has 1 saturated carbocycles. The van der Waals surface area contributed by atoms with E-state index in [1.54, 1.807) is 20.2 Å². The predicted molar refractivity (Wildman–Crippen MR) is 105 cm³/mol. The van der Waals surface area contributed by atoms with Crippen molar-refractivity contribution in [1.82, 2.24) is 9.62 Å². The molecule has 1 fully saturated rings. The van der Waals surface area contributed by atoms with E-state index in [2.05, 4.69) is 4.72 Å². The van der Waals surface area contributed by atoms with Crippen LogP contribution in [-0.4, -0.2) is 46.5 Å². The third-order valence-corrected chi connectivity index (χ3v) is 6.09. The summed E-state index contributed by atoms with van der Waals surface area (Å²) in [6.07, 6.45) is 1.64. The van der Waals surface area contributed by atoms with Crippen LogP contribution in [0.1, 0.15) is 28.8 Å². The number of para-hydroxylation sites is 1. The molecule has 150 valence electrons. The molecule has 0 heterocycles. The Balaban J connectivity index is 1.86. The fraction of sp³-hybridized carbons (Fsp3) is 0.350. The SMILES string of the molecule is COc1ccccc1CN(C)C(=O)c1ccc(OC)c(S(=O)(=O)NC2CC2)c1. The van der Waals surface area contributed by atoms with E-state index in [-0.39, 0.29) is 28.2 Å². The van der Waals surface area contributed by atoms with Gasteiger partial charge in [0.2, 0.25) is 10.0 Å². The van der Waals surface area contributed by atoms with Crippen LogP contribution in [0.5, 0.6) is 11.5 Å². The predicted octanol–water partition coefficient (Wildman–Crippen LogP) is 2.42. The number of amides is 1. The van der Waals surface area contributed by atoms with Crippen molar-refractivity contribution in [1.29, 1.82) is 0 Å². The van der Waals surface area contributed by atoms with Crippen LogP contribution in [0.25, 0.3) is 0 Å². The lowest BCUT2D eigenvalue weighted by Gasteiger charge is -2.20. The summed E-state index contributed by atoms with van der Waals surface area (Å²) < 4.78 is 38.4. The lowest BCUT2D eigenvalue weighted by atomic mass is 10.1. The molecule has 0 aromatic heterocycles. The zero-order valence-electron chi connectivity index (χ0n) is 16.1. The Morgan fingerprint density at radius 2 is 1.79 bits per heavy atom. The molecule has 0 radical (unpaired) electrons. The van der Waals surface area contributed by atoms with Crippen LogP contribution in [0.2, 0.25) is 0 Å². The Labute approximate surface area is 165 Å². The maximum Gasteiger partial charge on any atom is 0.253 e. The van der Waals surface area contributed by atoms with E-state index in [0.29, 0.717) is 12.3 Å². The van der Waals surface area contributed by atoms with E-state index in [1.165, 1.54) is 24.1 Å². The average molecular weight is 404 g/mol. The summed E-state index contributed by atoms with van der Waals surface area (Å²) in [5, 5.41) is 0. The van der Waals surface area contributed by atoms with Crippen LogP contribution >= 0.6 is 0 Å². The van der Waals surface area contributed by atoms with Gasteiger partial charge in [-0.3, -0.25) is 4.79 Å². The number of rotatable bonds is 8. The highest BCUT2D eigenvalue weighted by molar-refractivity contribution is 7.89. The summed E-state index contributed by atoms with van der Waals surface area (Å²) in [5.74, 6) is 0.599. The number of benzene rings is 2. The first-order valence-corrected chi connectivity index (χ1v) is 10.4. The Kier molecular flexibility index (Phi) is 5.90. The van der Waals surface area contributed by atoms with Gasteiger partial charge < -0.3 is 14.4 Å². The zero-order valence-corrected chi connectivity index (χ0v) is 17.0. The Hall–Kier alpha value is -2.58. The molecule has 7 nitrogen and oxygen atoms in total. The number of hydrogen-bond donors (Lipinski definition) is 1. The topological polar surface area (TPSA) is 84.9 Å². The molecule has 0 aliphatic heterocycles. The second-order valence-electron chi connectivity index (χ2n) is 6.73. The third-order valence-electron chi connectivity index (χ3n) is 4.55. The molecular formula is C20H24N2O5S. The second-order valence-corrected chi connectivity index (χ2v) is 8.42. The molecule has 0 bridgehead atoms. The Morgan fingerprint density at radius 1 is 1.11 bits per heavy atom. The molecule has 2 aromatic rings. The van der Waals surface area contributed by atoms with Crippen molar-refractivity contribution in [2.24, 2.45) is 0 Å². The van der Waals surface area contributed by atoms with E-state index in [0.717, 1.165) is 18.4 Å². The summed E-state index contributed by atoms with van der Waals surface area (Å²) in [4.78, 5) is 14.4. The van der Waals surface area contributed by atoms with Crippen molar-refractivity contribution in [3.05, 3.63) is 53.6 Å². The minimum atomic E-state index is -3.76. The van der Waals surface area contributed by atoms with Gasteiger partial charge in [0, 0.05) is 30.8 Å². The molecule has 28 heavy (non-hydrogen) atoms. The van der Waals surface area contributed by atoms with E-state index in [9.17, 15) is 13.2 Å². The number of methoxy groups -OCH3 is 2. The highest BCUT2D eigenvalue weighted by Crippen LogP contribution is 2.29. The number of nitrogens with zero attached hydrogens (tertiary/aromatic N) is 1. The molecule has 0 saturated heterocycles. The third kappa shape index (κ3) is 4.45. The van der Waals surface area contributed by atoms with Crippen LogP contribution in [0.4, 0.5) is 0 Å². The van der Waals surface area contributed by atoms with Crippen molar-refractivity contribution >= 4 is 15.9 Å². The molecule has 0 atom stereocenters. The van der Waals surface area contributed by atoms with E-state index in [1.807, 2.05) is 24.3 Å². The molecule has 1 aliphatic rings. The quantitative estimate of drug-likeness (QED) is 0.730. The van der Waals surface area contributed by atoms with Crippen LogP contribution in [-0.2, 0) is 16.6 Å². The van der Waals surface area contributed by atoms with Gasteiger partial charge in [-0.05, 0) is 37.1 Å². The van der Waals surface area contributed by atoms with Gasteiger partial charge in [0.1, 0.15) is 16.4 Å². The lowest BCUT2D eigenvalue weighted by molar-refractivity contribution is 0.0784. The largest absolute Gasteiger partial charge is 0.496 e. The fourth-order valence-electron chi connectivity index (χ4n) is 2.89. The molecule has 8 heteroatoms. The van der Waals surface area contributed by atoms with Gasteiger partial charge in [-0.1, -0.05) is 18.2 Å². The van der Waals surface area contributed by atoms with Crippen LogP contribution in [0, 0.1) is 0 Å². The molecular weight excluding hydrogens is 380 g/mol. The minimum Gasteiger partial charge on any atom is -0.496 e. The Morgan fingerprint density at radius 3 is 2.43 bits per heavy atom. The van der Waals surface area contributed by atoms with E-state index >= 15 is 0 Å². The van der Waals surface area contributed by atoms with Crippen LogP contribution in [0.3, 0.4) is 0 Å². The zero-order chi connectivity index (χ0) is 20.3. The second kappa shape index (κ2) is 8.20. The summed E-state index contributed by atoms with van der Waals surface area (Å²) >= 11 is 0. The van der Waals surface area contributed by atoms with Crippen LogP contribution in [0.15, 0.2) is 47.4 Å². The first kappa shape index (κ1) is 20.2. The minimum absolute atomic E-state index is 0.0292. The van der Waals surface area contributed by atoms with Crippen molar-refractivity contribution < 1.29 is 22.7 Å². The average Bonchev–Trinajstić information content (AvgIpc) is 3.50. The highest BCUT2D eigenvalue weighted by Gasteiger charge is 2.30. The summed E-state index contributed by atoms with van der Waals surface area (Å²) in [7, 11) is 0.887. The number of hydrogen-bond acceptors (Lipinski definition) is 5. The number of nitrogens with one attached hydrogen (secondary N) is 1. The summed E-state index contributed by atoms with van der Waals surface area (Å²) in [6.45, 7) is 0.331. The smallest absolute Gasteiger partial charge is 0.253 e. The first-order chi connectivity index (χ1) is 13.4. The van der Waals surface area contributed by atoms with E-state index < -0.39 is 10.0 Å². The lowest BCUT2D eigenvalue weighted by Crippen LogP contribution is -2.28. The summed E-state index contributed by atoms with van der Waals surface area (Å²) in [5.41, 5.74) is 1.13.